The molecule has 0 atom stereocenters. The van der Waals surface area contributed by atoms with E-state index in [1.807, 2.05) is 0 Å². The highest BCUT2D eigenvalue weighted by Crippen LogP contribution is 2.49. The summed E-state index contributed by atoms with van der Waals surface area (Å²) in [5.74, 6) is -28.8. The van der Waals surface area contributed by atoms with Crippen LogP contribution < -0.4 is 0 Å². The highest BCUT2D eigenvalue weighted by atomic mass is 35.5. The lowest BCUT2D eigenvalue weighted by molar-refractivity contribution is -0.354. The fourth-order valence-electron chi connectivity index (χ4n) is 1.63. The third-order valence-electron chi connectivity index (χ3n) is 3.09. The number of alkyl halides is 14. The second-order valence-electron chi connectivity index (χ2n) is 5.34. The number of halogens is 15. The van der Waals surface area contributed by atoms with Crippen molar-refractivity contribution in [1.29, 1.82) is 0 Å². The van der Waals surface area contributed by atoms with Gasteiger partial charge < -0.3 is 0 Å². The summed E-state index contributed by atoms with van der Waals surface area (Å²) in [5.41, 5.74) is 0. The predicted molar refractivity (Wildman–Crippen MR) is 64.1 cm³/mol. The second kappa shape index (κ2) is 7.23. The molecule has 0 aliphatic heterocycles. The molecule has 0 fully saturated rings. The molecule has 29 heavy (non-hydrogen) atoms. The van der Waals surface area contributed by atoms with Crippen molar-refractivity contribution in [3.8, 4) is 0 Å². The molecule has 0 aliphatic carbocycles. The molecule has 0 N–H and O–H groups in total. The molecule has 0 bridgehead atoms. The standard InChI is InChI=1S/C11H4ClF14N3/c12-5-28-3(1-6(13,14)8(17,18)10(21,22)23)27-4(29-5)2-7(15,16)9(19,20)11(24,25)26/h1-2H2. The van der Waals surface area contributed by atoms with Gasteiger partial charge in [0.25, 0.3) is 0 Å². The summed E-state index contributed by atoms with van der Waals surface area (Å²) in [6, 6.07) is 0. The van der Waals surface area contributed by atoms with E-state index in [2.05, 4.69) is 15.0 Å². The van der Waals surface area contributed by atoms with Crippen molar-refractivity contribution >= 4 is 11.6 Å². The van der Waals surface area contributed by atoms with E-state index in [9.17, 15) is 61.5 Å². The van der Waals surface area contributed by atoms with Crippen molar-refractivity contribution in [2.24, 2.45) is 0 Å². The van der Waals surface area contributed by atoms with Gasteiger partial charge in [-0.05, 0) is 11.6 Å². The topological polar surface area (TPSA) is 38.7 Å². The molecule has 1 aromatic heterocycles. The van der Waals surface area contributed by atoms with E-state index in [0.717, 1.165) is 0 Å². The molecule has 1 aromatic rings. The highest BCUT2D eigenvalue weighted by molar-refractivity contribution is 6.28. The molecule has 0 amide bonds. The molecular weight excluding hydrogens is 476 g/mol. The first-order valence-electron chi connectivity index (χ1n) is 6.59. The average molecular weight is 480 g/mol. The lowest BCUT2D eigenvalue weighted by atomic mass is 10.1. The zero-order valence-electron chi connectivity index (χ0n) is 12.9. The van der Waals surface area contributed by atoms with Crippen molar-refractivity contribution in [3.05, 3.63) is 16.9 Å². The second-order valence-corrected chi connectivity index (χ2v) is 5.68. The van der Waals surface area contributed by atoms with E-state index >= 15 is 0 Å². The zero-order chi connectivity index (χ0) is 23.3. The van der Waals surface area contributed by atoms with E-state index in [0.29, 0.717) is 0 Å². The van der Waals surface area contributed by atoms with E-state index in [1.54, 1.807) is 0 Å². The quantitative estimate of drug-likeness (QED) is 0.522. The van der Waals surface area contributed by atoms with E-state index in [4.69, 9.17) is 11.6 Å². The molecule has 0 saturated heterocycles. The fourth-order valence-corrected chi connectivity index (χ4v) is 1.82. The molecule has 168 valence electrons. The van der Waals surface area contributed by atoms with E-state index in [1.165, 1.54) is 0 Å². The molecule has 1 heterocycles. The van der Waals surface area contributed by atoms with Gasteiger partial charge in [0.1, 0.15) is 11.6 Å². The molecule has 0 aromatic carbocycles. The molecule has 0 aliphatic rings. The lowest BCUT2D eigenvalue weighted by Crippen LogP contribution is -2.53. The molecule has 18 heteroatoms. The molecule has 0 radical (unpaired) electrons. The van der Waals surface area contributed by atoms with Crippen LogP contribution in [0, 0.1) is 0 Å². The van der Waals surface area contributed by atoms with Gasteiger partial charge in [0.15, 0.2) is 0 Å². The maximum absolute atomic E-state index is 13.3. The van der Waals surface area contributed by atoms with Crippen LogP contribution in [0.5, 0.6) is 0 Å². The molecular formula is C11H4ClF14N3. The SMILES string of the molecule is FC(F)(F)C(F)(F)C(F)(F)Cc1nc(Cl)nc(CC(F)(F)C(F)(F)C(F)(F)F)n1. The minimum atomic E-state index is -6.77. The number of hydrogen-bond acceptors (Lipinski definition) is 3. The number of rotatable bonds is 6. The first-order chi connectivity index (χ1) is 12.6. The Balaban J connectivity index is 3.27. The van der Waals surface area contributed by atoms with Crippen LogP contribution in [0.25, 0.3) is 0 Å². The van der Waals surface area contributed by atoms with Crippen molar-refractivity contribution in [2.45, 2.75) is 48.9 Å². The summed E-state index contributed by atoms with van der Waals surface area (Å²) < 4.78 is 177. The Labute approximate surface area is 155 Å². The van der Waals surface area contributed by atoms with Gasteiger partial charge in [-0.25, -0.2) is 15.0 Å². The van der Waals surface area contributed by atoms with Gasteiger partial charge in [-0.2, -0.15) is 61.5 Å². The van der Waals surface area contributed by atoms with Crippen LogP contribution in [-0.2, 0) is 12.8 Å². The minimum absolute atomic E-state index is 1.41. The lowest BCUT2D eigenvalue weighted by Gasteiger charge is -2.28. The van der Waals surface area contributed by atoms with E-state index in [-0.39, 0.29) is 0 Å². The van der Waals surface area contributed by atoms with Gasteiger partial charge >= 0.3 is 36.0 Å². The van der Waals surface area contributed by atoms with Gasteiger partial charge in [0, 0.05) is 0 Å². The Bertz CT molecular complexity index is 683. The van der Waals surface area contributed by atoms with Gasteiger partial charge in [-0.1, -0.05) is 0 Å². The van der Waals surface area contributed by atoms with Crippen LogP contribution in [-0.4, -0.2) is 51.0 Å². The highest BCUT2D eigenvalue weighted by Gasteiger charge is 2.74. The Morgan fingerprint density at radius 1 is 0.517 bits per heavy atom. The summed E-state index contributed by atoms with van der Waals surface area (Å²) in [6.45, 7) is 0. The summed E-state index contributed by atoms with van der Waals surface area (Å²) >= 11 is 5.04. The molecule has 0 spiro atoms. The molecule has 1 rings (SSSR count). The molecule has 0 unspecified atom stereocenters. The average Bonchev–Trinajstić information content (AvgIpc) is 2.42. The third kappa shape index (κ3) is 4.91. The summed E-state index contributed by atoms with van der Waals surface area (Å²) in [6.07, 6.45) is -18.9. The van der Waals surface area contributed by atoms with Crippen LogP contribution in [0.15, 0.2) is 0 Å². The zero-order valence-corrected chi connectivity index (χ0v) is 13.7. The first-order valence-corrected chi connectivity index (χ1v) is 6.97. The van der Waals surface area contributed by atoms with Crippen molar-refractivity contribution < 1.29 is 61.5 Å². The van der Waals surface area contributed by atoms with Gasteiger partial charge in [-0.3, -0.25) is 0 Å². The monoisotopic (exact) mass is 479 g/mol. The minimum Gasteiger partial charge on any atom is -0.217 e. The van der Waals surface area contributed by atoms with Crippen LogP contribution in [0.3, 0.4) is 0 Å². The van der Waals surface area contributed by atoms with Crippen LogP contribution in [0.2, 0.25) is 5.28 Å². The first kappa shape index (κ1) is 25.4. The number of hydrogen-bond donors (Lipinski definition) is 0. The van der Waals surface area contributed by atoms with Gasteiger partial charge in [-0.15, -0.1) is 0 Å². The molecule has 0 saturated carbocycles. The Kier molecular flexibility index (Phi) is 6.32. The van der Waals surface area contributed by atoms with E-state index < -0.39 is 65.8 Å². The van der Waals surface area contributed by atoms with Gasteiger partial charge in [0.05, 0.1) is 12.8 Å². The maximum atomic E-state index is 13.3. The van der Waals surface area contributed by atoms with Crippen LogP contribution >= 0.6 is 11.6 Å². The van der Waals surface area contributed by atoms with Crippen LogP contribution in [0.4, 0.5) is 61.5 Å². The van der Waals surface area contributed by atoms with Gasteiger partial charge in [0.2, 0.25) is 5.28 Å². The summed E-state index contributed by atoms with van der Waals surface area (Å²) in [4.78, 5) is 7.85. The third-order valence-corrected chi connectivity index (χ3v) is 3.26. The number of nitrogens with zero attached hydrogens (tertiary/aromatic N) is 3. The normalized spacial score (nSPS) is 15.0. The predicted octanol–water partition coefficient (Wildman–Crippen LogP) is 5.28. The van der Waals surface area contributed by atoms with Crippen LogP contribution in [0.1, 0.15) is 11.6 Å². The van der Waals surface area contributed by atoms with Crippen molar-refractivity contribution in [3.63, 3.8) is 0 Å². The maximum Gasteiger partial charge on any atom is 0.459 e. The summed E-state index contributed by atoms with van der Waals surface area (Å²) in [5, 5.41) is -1.41. The van der Waals surface area contributed by atoms with Crippen molar-refractivity contribution in [2.75, 3.05) is 0 Å². The Morgan fingerprint density at radius 3 is 1.03 bits per heavy atom. The number of aromatic nitrogens is 3. The molecule has 3 nitrogen and oxygen atoms in total. The summed E-state index contributed by atoms with van der Waals surface area (Å²) in [7, 11) is 0. The van der Waals surface area contributed by atoms with Crippen molar-refractivity contribution in [1.82, 2.24) is 15.0 Å². The Hall–Kier alpha value is -1.68. The smallest absolute Gasteiger partial charge is 0.217 e. The Morgan fingerprint density at radius 2 is 0.793 bits per heavy atom. The largest absolute Gasteiger partial charge is 0.459 e. The fraction of sp³-hybridized carbons (Fsp3) is 0.727.